The molecular formula is C17H23ClFN3O3. The van der Waals surface area contributed by atoms with Gasteiger partial charge in [-0.3, -0.25) is 9.59 Å². The summed E-state index contributed by atoms with van der Waals surface area (Å²) < 4.78 is 19.1. The van der Waals surface area contributed by atoms with Crippen LogP contribution in [0.15, 0.2) is 24.3 Å². The van der Waals surface area contributed by atoms with Crippen molar-refractivity contribution in [2.45, 2.75) is 31.3 Å². The van der Waals surface area contributed by atoms with Gasteiger partial charge in [0.05, 0.1) is 11.7 Å². The Bertz CT molecular complexity index is 625. The maximum atomic E-state index is 13.9. The second-order valence-corrected chi connectivity index (χ2v) is 6.27. The lowest BCUT2D eigenvalue weighted by molar-refractivity contribution is -0.128. The van der Waals surface area contributed by atoms with Crippen molar-refractivity contribution in [3.05, 3.63) is 30.1 Å². The molecule has 1 aromatic carbocycles. The zero-order valence-corrected chi connectivity index (χ0v) is 14.6. The van der Waals surface area contributed by atoms with Crippen LogP contribution in [0, 0.1) is 11.7 Å². The number of nitrogens with two attached hydrogens (primary N) is 1. The van der Waals surface area contributed by atoms with Crippen molar-refractivity contribution >= 4 is 29.9 Å². The van der Waals surface area contributed by atoms with Crippen LogP contribution < -0.4 is 16.0 Å². The largest absolute Gasteiger partial charge is 0.381 e. The Labute approximate surface area is 152 Å². The lowest BCUT2D eigenvalue weighted by Crippen LogP contribution is -2.52. The highest BCUT2D eigenvalue weighted by Crippen LogP contribution is 2.25. The first-order valence-electron chi connectivity index (χ1n) is 8.27. The molecule has 2 amide bonds. The van der Waals surface area contributed by atoms with E-state index in [-0.39, 0.29) is 35.8 Å². The number of nitrogens with zero attached hydrogens (tertiary/aromatic N) is 1. The molecule has 0 aromatic heterocycles. The number of hydrogen-bond donors (Lipinski definition) is 2. The number of anilines is 1. The van der Waals surface area contributed by atoms with Gasteiger partial charge in [-0.15, -0.1) is 12.4 Å². The molecule has 2 fully saturated rings. The van der Waals surface area contributed by atoms with Gasteiger partial charge in [0.15, 0.2) is 0 Å². The fourth-order valence-corrected chi connectivity index (χ4v) is 3.28. The highest BCUT2D eigenvalue weighted by Gasteiger charge is 2.36. The van der Waals surface area contributed by atoms with Gasteiger partial charge in [-0.2, -0.15) is 0 Å². The first kappa shape index (κ1) is 19.6. The molecule has 0 spiro atoms. The molecule has 0 saturated carbocycles. The van der Waals surface area contributed by atoms with Gasteiger partial charge >= 0.3 is 0 Å². The Kier molecular flexibility index (Phi) is 6.75. The minimum atomic E-state index is -0.650. The molecule has 2 atom stereocenters. The van der Waals surface area contributed by atoms with Gasteiger partial charge in [0.1, 0.15) is 11.9 Å². The highest BCUT2D eigenvalue weighted by atomic mass is 35.5. The molecule has 2 heterocycles. The predicted molar refractivity (Wildman–Crippen MR) is 94.1 cm³/mol. The number of benzene rings is 1. The molecule has 1 aromatic rings. The fraction of sp³-hybridized carbons (Fsp3) is 0.529. The minimum absolute atomic E-state index is 0. The Balaban J connectivity index is 0.00000225. The van der Waals surface area contributed by atoms with Gasteiger partial charge in [0.2, 0.25) is 11.8 Å². The van der Waals surface area contributed by atoms with E-state index in [4.69, 9.17) is 10.5 Å². The number of para-hydroxylation sites is 1. The molecule has 2 aliphatic heterocycles. The summed E-state index contributed by atoms with van der Waals surface area (Å²) in [6.45, 7) is 1.58. The Morgan fingerprint density at radius 2 is 1.96 bits per heavy atom. The average Bonchev–Trinajstić information content (AvgIpc) is 2.96. The van der Waals surface area contributed by atoms with Crippen molar-refractivity contribution < 1.29 is 18.7 Å². The van der Waals surface area contributed by atoms with E-state index in [0.717, 1.165) is 12.8 Å². The van der Waals surface area contributed by atoms with Gasteiger partial charge < -0.3 is 20.7 Å². The average molecular weight is 372 g/mol. The smallest absolute Gasteiger partial charge is 0.249 e. The van der Waals surface area contributed by atoms with Crippen LogP contribution in [0.4, 0.5) is 10.1 Å². The van der Waals surface area contributed by atoms with Gasteiger partial charge in [0, 0.05) is 19.8 Å². The summed E-state index contributed by atoms with van der Waals surface area (Å²) in [5.41, 5.74) is 6.28. The van der Waals surface area contributed by atoms with E-state index in [2.05, 4.69) is 5.32 Å². The summed E-state index contributed by atoms with van der Waals surface area (Å²) in [5, 5.41) is 2.73. The van der Waals surface area contributed by atoms with Crippen LogP contribution >= 0.6 is 12.4 Å². The van der Waals surface area contributed by atoms with E-state index in [1.54, 1.807) is 18.2 Å². The molecule has 2 saturated heterocycles. The van der Waals surface area contributed by atoms with Crippen molar-refractivity contribution in [1.82, 2.24) is 5.32 Å². The predicted octanol–water partition coefficient (Wildman–Crippen LogP) is 1.22. The molecule has 25 heavy (non-hydrogen) atoms. The van der Waals surface area contributed by atoms with E-state index in [9.17, 15) is 14.0 Å². The number of nitrogens with one attached hydrogen (secondary N) is 1. The van der Waals surface area contributed by atoms with E-state index < -0.39 is 17.9 Å². The second-order valence-electron chi connectivity index (χ2n) is 6.27. The standard InChI is InChI=1S/C17H22FN3O3.ClH/c18-12-3-1-2-4-14(12)21-8-5-13(17(21)23)20-16(22)15(19)11-6-9-24-10-7-11;/h1-4,11,13,15H,5-10,19H2,(H,20,22);1H. The fourth-order valence-electron chi connectivity index (χ4n) is 3.28. The summed E-state index contributed by atoms with van der Waals surface area (Å²) >= 11 is 0. The quantitative estimate of drug-likeness (QED) is 0.833. The summed E-state index contributed by atoms with van der Waals surface area (Å²) in [5.74, 6) is -1.00. The third-order valence-corrected chi connectivity index (χ3v) is 4.74. The second kappa shape index (κ2) is 8.60. The van der Waals surface area contributed by atoms with Gasteiger partial charge in [-0.05, 0) is 37.3 Å². The first-order chi connectivity index (χ1) is 11.6. The maximum absolute atomic E-state index is 13.9. The molecule has 2 unspecified atom stereocenters. The third kappa shape index (κ3) is 4.29. The highest BCUT2D eigenvalue weighted by molar-refractivity contribution is 6.01. The molecule has 3 N–H and O–H groups in total. The first-order valence-corrected chi connectivity index (χ1v) is 8.27. The van der Waals surface area contributed by atoms with Crippen molar-refractivity contribution in [2.24, 2.45) is 11.7 Å². The molecule has 2 aliphatic rings. The number of hydrogen-bond acceptors (Lipinski definition) is 4. The molecular weight excluding hydrogens is 349 g/mol. The SMILES string of the molecule is Cl.NC(C(=O)NC1CCN(c2ccccc2F)C1=O)C1CCOCC1. The Morgan fingerprint density at radius 1 is 1.28 bits per heavy atom. The number of carbonyl (C=O) groups is 2. The Hall–Kier alpha value is -1.70. The molecule has 6 nitrogen and oxygen atoms in total. The van der Waals surface area contributed by atoms with E-state index in [1.807, 2.05) is 0 Å². The lowest BCUT2D eigenvalue weighted by Gasteiger charge is -2.27. The maximum Gasteiger partial charge on any atom is 0.249 e. The van der Waals surface area contributed by atoms with Crippen LogP contribution in [0.25, 0.3) is 0 Å². The van der Waals surface area contributed by atoms with E-state index >= 15 is 0 Å². The van der Waals surface area contributed by atoms with Gasteiger partial charge in [-0.25, -0.2) is 4.39 Å². The molecule has 0 bridgehead atoms. The zero-order valence-electron chi connectivity index (χ0n) is 13.8. The monoisotopic (exact) mass is 371 g/mol. The van der Waals surface area contributed by atoms with E-state index in [1.165, 1.54) is 11.0 Å². The van der Waals surface area contributed by atoms with Crippen LogP contribution in [-0.4, -0.2) is 43.7 Å². The number of rotatable bonds is 4. The zero-order chi connectivity index (χ0) is 17.1. The van der Waals surface area contributed by atoms with Crippen LogP contribution in [-0.2, 0) is 14.3 Å². The van der Waals surface area contributed by atoms with Crippen molar-refractivity contribution in [2.75, 3.05) is 24.7 Å². The summed E-state index contributed by atoms with van der Waals surface area (Å²) in [4.78, 5) is 26.2. The molecule has 8 heteroatoms. The topological polar surface area (TPSA) is 84.7 Å². The minimum Gasteiger partial charge on any atom is -0.381 e. The number of halogens is 2. The lowest BCUT2D eigenvalue weighted by atomic mass is 9.91. The van der Waals surface area contributed by atoms with Crippen LogP contribution in [0.3, 0.4) is 0 Å². The van der Waals surface area contributed by atoms with Crippen molar-refractivity contribution in [3.63, 3.8) is 0 Å². The molecule has 0 radical (unpaired) electrons. The number of amides is 2. The van der Waals surface area contributed by atoms with Gasteiger partial charge in [-0.1, -0.05) is 12.1 Å². The number of ether oxygens (including phenoxy) is 1. The number of carbonyl (C=O) groups excluding carboxylic acids is 2. The van der Waals surface area contributed by atoms with Crippen LogP contribution in [0.1, 0.15) is 19.3 Å². The molecule has 3 rings (SSSR count). The van der Waals surface area contributed by atoms with Gasteiger partial charge in [0.25, 0.3) is 0 Å². The van der Waals surface area contributed by atoms with Crippen molar-refractivity contribution in [1.29, 1.82) is 0 Å². The third-order valence-electron chi connectivity index (χ3n) is 4.74. The molecule has 138 valence electrons. The molecule has 0 aliphatic carbocycles. The summed E-state index contributed by atoms with van der Waals surface area (Å²) in [6.07, 6.45) is 1.93. The van der Waals surface area contributed by atoms with Crippen LogP contribution in [0.5, 0.6) is 0 Å². The van der Waals surface area contributed by atoms with Crippen molar-refractivity contribution in [3.8, 4) is 0 Å². The summed E-state index contributed by atoms with van der Waals surface area (Å²) in [7, 11) is 0. The normalized spacial score (nSPS) is 22.4. The summed E-state index contributed by atoms with van der Waals surface area (Å²) in [6, 6.07) is 4.83. The van der Waals surface area contributed by atoms with E-state index in [0.29, 0.717) is 26.2 Å². The Morgan fingerprint density at radius 3 is 2.64 bits per heavy atom. The van der Waals surface area contributed by atoms with Crippen LogP contribution in [0.2, 0.25) is 0 Å².